The van der Waals surface area contributed by atoms with Crippen LogP contribution < -0.4 is 5.32 Å². The third-order valence-corrected chi connectivity index (χ3v) is 2.62. The second-order valence-electron chi connectivity index (χ2n) is 3.69. The Balaban J connectivity index is 2.24. The van der Waals surface area contributed by atoms with Crippen molar-refractivity contribution < 1.29 is 4.79 Å². The van der Waals surface area contributed by atoms with Crippen molar-refractivity contribution in [1.29, 1.82) is 5.26 Å². The summed E-state index contributed by atoms with van der Waals surface area (Å²) in [5.41, 5.74) is 0. The summed E-state index contributed by atoms with van der Waals surface area (Å²) in [5, 5.41) is 11.4. The van der Waals surface area contributed by atoms with Gasteiger partial charge in [-0.05, 0) is 19.4 Å². The van der Waals surface area contributed by atoms with Crippen molar-refractivity contribution in [2.45, 2.75) is 19.3 Å². The van der Waals surface area contributed by atoms with Crippen LogP contribution in [0.25, 0.3) is 0 Å². The van der Waals surface area contributed by atoms with Crippen molar-refractivity contribution in [3.8, 4) is 6.07 Å². The van der Waals surface area contributed by atoms with Crippen LogP contribution in [0.1, 0.15) is 19.3 Å². The number of likely N-dealkylation sites (tertiary alicyclic amines) is 1. The highest BCUT2D eigenvalue weighted by Gasteiger charge is 2.19. The van der Waals surface area contributed by atoms with E-state index in [0.29, 0.717) is 6.42 Å². The molecule has 0 aromatic carbocycles. The third-order valence-electron chi connectivity index (χ3n) is 2.62. The molecule has 14 heavy (non-hydrogen) atoms. The Labute approximate surface area is 84.9 Å². The zero-order valence-corrected chi connectivity index (χ0v) is 8.62. The highest BCUT2D eigenvalue weighted by molar-refractivity contribution is 5.75. The smallest absolute Gasteiger partial charge is 0.221 e. The first-order valence-electron chi connectivity index (χ1n) is 5.09. The van der Waals surface area contributed by atoms with Gasteiger partial charge >= 0.3 is 0 Å². The maximum absolute atomic E-state index is 11.0. The quantitative estimate of drug-likeness (QED) is 0.707. The zero-order chi connectivity index (χ0) is 10.4. The fraction of sp³-hybridized carbons (Fsp3) is 0.800. The molecule has 1 amide bonds. The van der Waals surface area contributed by atoms with E-state index in [-0.39, 0.29) is 11.8 Å². The van der Waals surface area contributed by atoms with Gasteiger partial charge in [-0.15, -0.1) is 0 Å². The molecule has 1 saturated heterocycles. The molecule has 1 fully saturated rings. The molecular weight excluding hydrogens is 178 g/mol. The largest absolute Gasteiger partial charge is 0.359 e. The predicted octanol–water partition coefficient (Wildman–Crippen LogP) is 0.358. The average Bonchev–Trinajstić information content (AvgIpc) is 2.26. The Morgan fingerprint density at radius 1 is 1.71 bits per heavy atom. The summed E-state index contributed by atoms with van der Waals surface area (Å²) in [5.74, 6) is 0.234. The van der Waals surface area contributed by atoms with Gasteiger partial charge in [-0.2, -0.15) is 5.26 Å². The summed E-state index contributed by atoms with van der Waals surface area (Å²) >= 11 is 0. The fourth-order valence-corrected chi connectivity index (χ4v) is 1.75. The summed E-state index contributed by atoms with van der Waals surface area (Å²) in [6.45, 7) is 2.63. The van der Waals surface area contributed by atoms with Crippen LogP contribution in [0, 0.1) is 17.2 Å². The number of carbonyl (C=O) groups excluding carboxylic acids is 1. The van der Waals surface area contributed by atoms with Crippen molar-refractivity contribution in [1.82, 2.24) is 10.2 Å². The molecule has 0 aromatic heterocycles. The molecule has 4 nitrogen and oxygen atoms in total. The maximum Gasteiger partial charge on any atom is 0.221 e. The van der Waals surface area contributed by atoms with Gasteiger partial charge in [0.15, 0.2) is 0 Å². The molecule has 1 heterocycles. The number of hydrogen-bond donors (Lipinski definition) is 1. The van der Waals surface area contributed by atoms with Crippen molar-refractivity contribution in [2.75, 3.05) is 26.7 Å². The number of nitrogens with zero attached hydrogens (tertiary/aromatic N) is 2. The van der Waals surface area contributed by atoms with Gasteiger partial charge in [0, 0.05) is 26.6 Å². The Morgan fingerprint density at radius 2 is 2.50 bits per heavy atom. The highest BCUT2D eigenvalue weighted by Crippen LogP contribution is 2.15. The van der Waals surface area contributed by atoms with E-state index in [1.165, 1.54) is 0 Å². The number of amides is 1. The predicted molar refractivity (Wildman–Crippen MR) is 53.5 cm³/mol. The molecule has 0 aliphatic carbocycles. The van der Waals surface area contributed by atoms with E-state index in [0.717, 1.165) is 32.5 Å². The topological polar surface area (TPSA) is 56.1 Å². The lowest BCUT2D eigenvalue weighted by molar-refractivity contribution is -0.121. The molecular formula is C10H17N3O. The van der Waals surface area contributed by atoms with Gasteiger partial charge in [-0.25, -0.2) is 0 Å². The summed E-state index contributed by atoms with van der Waals surface area (Å²) < 4.78 is 0. The lowest BCUT2D eigenvalue weighted by atomic mass is 10.00. The minimum atomic E-state index is 0.0732. The van der Waals surface area contributed by atoms with E-state index >= 15 is 0 Å². The van der Waals surface area contributed by atoms with Gasteiger partial charge in [-0.3, -0.25) is 4.79 Å². The van der Waals surface area contributed by atoms with E-state index in [1.807, 2.05) is 0 Å². The SMILES string of the molecule is CNC(=O)CCN1CCCC(C#N)C1. The molecule has 4 heteroatoms. The molecule has 0 bridgehead atoms. The van der Waals surface area contributed by atoms with E-state index in [9.17, 15) is 4.79 Å². The van der Waals surface area contributed by atoms with Crippen LogP contribution in [-0.2, 0) is 4.79 Å². The molecule has 1 atom stereocenters. The molecule has 0 spiro atoms. The van der Waals surface area contributed by atoms with Crippen molar-refractivity contribution >= 4 is 5.91 Å². The van der Waals surface area contributed by atoms with Gasteiger partial charge in [0.05, 0.1) is 12.0 Å². The molecule has 1 N–H and O–H groups in total. The minimum absolute atomic E-state index is 0.0732. The minimum Gasteiger partial charge on any atom is -0.359 e. The molecule has 1 aliphatic rings. The maximum atomic E-state index is 11.0. The molecule has 1 rings (SSSR count). The van der Waals surface area contributed by atoms with Crippen LogP contribution in [0.4, 0.5) is 0 Å². The molecule has 78 valence electrons. The second kappa shape index (κ2) is 5.61. The van der Waals surface area contributed by atoms with Gasteiger partial charge in [-0.1, -0.05) is 0 Å². The standard InChI is InChI=1S/C10H17N3O/c1-12-10(14)4-6-13-5-2-3-9(7-11)8-13/h9H,2-6,8H2,1H3,(H,12,14). The van der Waals surface area contributed by atoms with Crippen molar-refractivity contribution in [3.05, 3.63) is 0 Å². The Morgan fingerprint density at radius 3 is 3.14 bits per heavy atom. The summed E-state index contributed by atoms with van der Waals surface area (Å²) in [6, 6.07) is 2.29. The Bertz CT molecular complexity index is 234. The summed E-state index contributed by atoms with van der Waals surface area (Å²) in [4.78, 5) is 13.2. The molecule has 1 unspecified atom stereocenters. The Hall–Kier alpha value is -1.08. The van der Waals surface area contributed by atoms with Crippen LogP contribution in [0.5, 0.6) is 0 Å². The second-order valence-corrected chi connectivity index (χ2v) is 3.69. The number of carbonyl (C=O) groups is 1. The van der Waals surface area contributed by atoms with Crippen LogP contribution in [0.15, 0.2) is 0 Å². The number of nitriles is 1. The number of nitrogens with one attached hydrogen (secondary N) is 1. The van der Waals surface area contributed by atoms with E-state index in [1.54, 1.807) is 7.05 Å². The van der Waals surface area contributed by atoms with Crippen LogP contribution in [-0.4, -0.2) is 37.5 Å². The summed E-state index contributed by atoms with van der Waals surface area (Å²) in [7, 11) is 1.65. The third kappa shape index (κ3) is 3.35. The van der Waals surface area contributed by atoms with Crippen molar-refractivity contribution in [2.24, 2.45) is 5.92 Å². The highest BCUT2D eigenvalue weighted by atomic mass is 16.1. The van der Waals surface area contributed by atoms with Crippen LogP contribution in [0.2, 0.25) is 0 Å². The van der Waals surface area contributed by atoms with E-state index in [4.69, 9.17) is 5.26 Å². The van der Waals surface area contributed by atoms with Gasteiger partial charge in [0.2, 0.25) is 5.91 Å². The van der Waals surface area contributed by atoms with Crippen molar-refractivity contribution in [3.63, 3.8) is 0 Å². The lowest BCUT2D eigenvalue weighted by Crippen LogP contribution is -2.37. The lowest BCUT2D eigenvalue weighted by Gasteiger charge is -2.28. The molecule has 1 aliphatic heterocycles. The van der Waals surface area contributed by atoms with E-state index in [2.05, 4.69) is 16.3 Å². The van der Waals surface area contributed by atoms with E-state index < -0.39 is 0 Å². The monoisotopic (exact) mass is 195 g/mol. The molecule has 0 saturated carbocycles. The van der Waals surface area contributed by atoms with Gasteiger partial charge < -0.3 is 10.2 Å². The van der Waals surface area contributed by atoms with Gasteiger partial charge in [0.25, 0.3) is 0 Å². The molecule has 0 radical (unpaired) electrons. The Kier molecular flexibility index (Phi) is 4.41. The number of rotatable bonds is 3. The molecule has 0 aromatic rings. The number of hydrogen-bond acceptors (Lipinski definition) is 3. The average molecular weight is 195 g/mol. The first-order valence-corrected chi connectivity index (χ1v) is 5.09. The van der Waals surface area contributed by atoms with Crippen LogP contribution in [0.3, 0.4) is 0 Å². The summed E-state index contributed by atoms with van der Waals surface area (Å²) in [6.07, 6.45) is 2.62. The normalized spacial score (nSPS) is 22.7. The first kappa shape index (κ1) is 11.0. The number of piperidine rings is 1. The first-order chi connectivity index (χ1) is 6.76. The van der Waals surface area contributed by atoms with Crippen LogP contribution >= 0.6 is 0 Å². The zero-order valence-electron chi connectivity index (χ0n) is 8.62. The fourth-order valence-electron chi connectivity index (χ4n) is 1.75. The van der Waals surface area contributed by atoms with Gasteiger partial charge in [0.1, 0.15) is 0 Å².